The van der Waals surface area contributed by atoms with E-state index in [4.69, 9.17) is 5.73 Å². The number of nitrogens with two attached hydrogens (primary N) is 1. The lowest BCUT2D eigenvalue weighted by Gasteiger charge is -2.42. The molecule has 11 heteroatoms. The Morgan fingerprint density at radius 1 is 1.15 bits per heavy atom. The highest BCUT2D eigenvalue weighted by Gasteiger charge is 2.52. The minimum Gasteiger partial charge on any atom is -0.368 e. The lowest BCUT2D eigenvalue weighted by atomic mass is 9.87. The van der Waals surface area contributed by atoms with Crippen LogP contribution in [0.15, 0.2) is 0 Å². The maximum absolute atomic E-state index is 12.6. The quantitative estimate of drug-likeness (QED) is 0.561. The molecule has 0 aromatic rings. The summed E-state index contributed by atoms with van der Waals surface area (Å²) in [5.41, 5.74) is 5.03. The van der Waals surface area contributed by atoms with Gasteiger partial charge in [-0.2, -0.15) is 8.61 Å². The Bertz CT molecular complexity index is 773. The van der Waals surface area contributed by atoms with Crippen LogP contribution in [0, 0.1) is 6.42 Å². The van der Waals surface area contributed by atoms with Crippen LogP contribution in [0.1, 0.15) is 32.1 Å². The lowest BCUT2D eigenvalue weighted by molar-refractivity contribution is -0.130. The Balaban J connectivity index is 1.55. The molecule has 3 aliphatic rings. The van der Waals surface area contributed by atoms with Gasteiger partial charge in [-0.15, -0.1) is 0 Å². The van der Waals surface area contributed by atoms with Gasteiger partial charge in [-0.1, -0.05) is 0 Å². The topological polar surface area (TPSA) is 121 Å². The number of fused-ring (bicyclic) bond motifs is 2. The molecule has 0 saturated carbocycles. The molecule has 2 N–H and O–H groups in total. The van der Waals surface area contributed by atoms with Crippen LogP contribution < -0.4 is 5.73 Å². The van der Waals surface area contributed by atoms with Gasteiger partial charge in [0.1, 0.15) is 5.54 Å². The van der Waals surface area contributed by atoms with Crippen LogP contribution in [-0.4, -0.2) is 92.6 Å². The summed E-state index contributed by atoms with van der Waals surface area (Å²) >= 11 is 0. The second-order valence-electron chi connectivity index (χ2n) is 7.74. The molecule has 2 atom stereocenters. The van der Waals surface area contributed by atoms with Gasteiger partial charge in [0.2, 0.25) is 26.0 Å². The molecule has 155 valence electrons. The third-order valence-corrected chi connectivity index (χ3v) is 9.38. The predicted molar refractivity (Wildman–Crippen MR) is 102 cm³/mol. The summed E-state index contributed by atoms with van der Waals surface area (Å²) in [6, 6.07) is 0.271. The molecule has 2 bridgehead atoms. The Kier molecular flexibility index (Phi) is 5.89. The summed E-state index contributed by atoms with van der Waals surface area (Å²) in [5.74, 6) is -0.325. The number of hydrogen-bond acceptors (Lipinski definition) is 6. The number of carbonyl (C=O) groups is 1. The summed E-state index contributed by atoms with van der Waals surface area (Å²) < 4.78 is 51.0. The van der Waals surface area contributed by atoms with E-state index in [2.05, 4.69) is 11.3 Å². The molecule has 0 unspecified atom stereocenters. The third kappa shape index (κ3) is 4.16. The summed E-state index contributed by atoms with van der Waals surface area (Å²) in [5, 5.41) is 0. The fourth-order valence-electron chi connectivity index (χ4n) is 4.62. The Labute approximate surface area is 161 Å². The number of nitrogens with zero attached hydrogens (tertiary/aromatic N) is 3. The molecule has 3 saturated heterocycles. The van der Waals surface area contributed by atoms with Gasteiger partial charge in [-0.3, -0.25) is 9.69 Å². The van der Waals surface area contributed by atoms with Crippen LogP contribution in [-0.2, 0) is 24.8 Å². The van der Waals surface area contributed by atoms with Crippen molar-refractivity contribution in [1.82, 2.24) is 13.5 Å². The zero-order valence-corrected chi connectivity index (χ0v) is 17.3. The highest BCUT2D eigenvalue weighted by Crippen LogP contribution is 2.43. The number of piperidine rings is 1. The van der Waals surface area contributed by atoms with Crippen molar-refractivity contribution in [2.75, 3.05) is 44.7 Å². The molecule has 3 heterocycles. The first-order valence-electron chi connectivity index (χ1n) is 9.37. The minimum absolute atomic E-state index is 0.00630. The number of rotatable bonds is 7. The molecule has 0 aliphatic carbocycles. The molecular weight excluding hydrogens is 392 g/mol. The maximum atomic E-state index is 12.6. The van der Waals surface area contributed by atoms with E-state index in [1.807, 2.05) is 0 Å². The fourth-order valence-corrected chi connectivity index (χ4v) is 6.92. The van der Waals surface area contributed by atoms with Crippen LogP contribution in [0.4, 0.5) is 0 Å². The van der Waals surface area contributed by atoms with Crippen LogP contribution in [0.2, 0.25) is 0 Å². The molecule has 1 amide bonds. The summed E-state index contributed by atoms with van der Waals surface area (Å²) in [6.45, 7) is 1.27. The van der Waals surface area contributed by atoms with Crippen molar-refractivity contribution < 1.29 is 21.6 Å². The molecule has 3 aliphatic heterocycles. The van der Waals surface area contributed by atoms with Crippen molar-refractivity contribution >= 4 is 26.0 Å². The van der Waals surface area contributed by atoms with E-state index in [1.54, 1.807) is 0 Å². The van der Waals surface area contributed by atoms with E-state index in [0.717, 1.165) is 25.5 Å². The number of sulfonamides is 2. The van der Waals surface area contributed by atoms with Crippen LogP contribution in [0.3, 0.4) is 0 Å². The minimum atomic E-state index is -3.45. The van der Waals surface area contributed by atoms with Crippen molar-refractivity contribution in [2.45, 2.75) is 43.7 Å². The number of amides is 1. The molecule has 3 fully saturated rings. The van der Waals surface area contributed by atoms with E-state index in [0.29, 0.717) is 19.4 Å². The van der Waals surface area contributed by atoms with Crippen molar-refractivity contribution in [3.63, 3.8) is 0 Å². The van der Waals surface area contributed by atoms with Crippen LogP contribution in [0.5, 0.6) is 0 Å². The normalized spacial score (nSPS) is 31.2. The van der Waals surface area contributed by atoms with Crippen LogP contribution in [0.25, 0.3) is 0 Å². The van der Waals surface area contributed by atoms with Gasteiger partial charge in [-0.05, 0) is 38.5 Å². The van der Waals surface area contributed by atoms with Gasteiger partial charge in [0.05, 0.1) is 12.0 Å². The maximum Gasteiger partial charge on any atom is 0.237 e. The van der Waals surface area contributed by atoms with Crippen molar-refractivity contribution in [3.8, 4) is 0 Å². The second kappa shape index (κ2) is 7.58. The van der Waals surface area contributed by atoms with E-state index in [-0.39, 0.29) is 43.9 Å². The van der Waals surface area contributed by atoms with Crippen LogP contribution >= 0.6 is 0 Å². The first kappa shape index (κ1) is 21.0. The molecule has 0 spiro atoms. The zero-order valence-electron chi connectivity index (χ0n) is 15.7. The lowest BCUT2D eigenvalue weighted by Crippen LogP contribution is -2.58. The largest absolute Gasteiger partial charge is 0.368 e. The molecular formula is C16H29N4O5S2. The molecule has 0 aromatic carbocycles. The van der Waals surface area contributed by atoms with E-state index >= 15 is 0 Å². The monoisotopic (exact) mass is 421 g/mol. The average Bonchev–Trinajstić information content (AvgIpc) is 2.79. The van der Waals surface area contributed by atoms with Gasteiger partial charge in [0, 0.05) is 38.8 Å². The van der Waals surface area contributed by atoms with E-state index in [1.165, 1.54) is 8.61 Å². The summed E-state index contributed by atoms with van der Waals surface area (Å²) in [6.07, 6.45) is 6.89. The van der Waals surface area contributed by atoms with Gasteiger partial charge in [-0.25, -0.2) is 16.8 Å². The number of carbonyl (C=O) groups excluding carboxylic acids is 1. The van der Waals surface area contributed by atoms with E-state index < -0.39 is 25.6 Å². The van der Waals surface area contributed by atoms with Gasteiger partial charge >= 0.3 is 0 Å². The molecule has 3 rings (SSSR count). The molecule has 0 aromatic heterocycles. The molecule has 9 nitrogen and oxygen atoms in total. The Morgan fingerprint density at radius 3 is 2.37 bits per heavy atom. The predicted octanol–water partition coefficient (Wildman–Crippen LogP) is -1.03. The number of piperazine rings is 1. The van der Waals surface area contributed by atoms with Crippen molar-refractivity contribution in [3.05, 3.63) is 6.42 Å². The van der Waals surface area contributed by atoms with Crippen molar-refractivity contribution in [2.24, 2.45) is 5.73 Å². The van der Waals surface area contributed by atoms with E-state index in [9.17, 15) is 21.6 Å². The summed E-state index contributed by atoms with van der Waals surface area (Å²) in [7, 11) is -6.73. The van der Waals surface area contributed by atoms with Gasteiger partial charge in [0.25, 0.3) is 0 Å². The number of primary amides is 1. The highest BCUT2D eigenvalue weighted by molar-refractivity contribution is 7.89. The SMILES string of the molecule is CS(=O)(=O)N1CCN(S(=O)(=O)CCCN2[C@@H]3C[CH]C[C@@]2(C(N)=O)CC3)CC1. The Morgan fingerprint density at radius 2 is 1.78 bits per heavy atom. The highest BCUT2D eigenvalue weighted by atomic mass is 32.2. The smallest absolute Gasteiger partial charge is 0.237 e. The van der Waals surface area contributed by atoms with Gasteiger partial charge < -0.3 is 5.73 Å². The zero-order chi connectivity index (χ0) is 19.9. The first-order chi connectivity index (χ1) is 12.6. The fraction of sp³-hybridized carbons (Fsp3) is 0.875. The number of hydrogen-bond donors (Lipinski definition) is 1. The molecule has 27 heavy (non-hydrogen) atoms. The van der Waals surface area contributed by atoms with Gasteiger partial charge in [0.15, 0.2) is 0 Å². The molecule has 1 radical (unpaired) electrons. The first-order valence-corrected chi connectivity index (χ1v) is 12.8. The Hall–Kier alpha value is -0.750. The standard InChI is InChI=1S/C16H29N4O5S2/c1-26(22,23)18-9-11-19(12-10-18)27(24,25)13-3-8-20-14-4-2-6-16(20,7-5-14)15(17)21/h2,14H,3-13H2,1H3,(H2,17,21)/t14-,16+/m1/s1. The second-order valence-corrected chi connectivity index (χ2v) is 11.8. The van der Waals surface area contributed by atoms with Crippen molar-refractivity contribution in [1.29, 1.82) is 0 Å². The summed E-state index contributed by atoms with van der Waals surface area (Å²) in [4.78, 5) is 14.2. The average molecular weight is 422 g/mol. The third-order valence-electron chi connectivity index (χ3n) is 6.12.